The maximum absolute atomic E-state index is 13.1. The van der Waals surface area contributed by atoms with E-state index in [9.17, 15) is 4.79 Å². The summed E-state index contributed by atoms with van der Waals surface area (Å²) in [5.41, 5.74) is 3.15. The highest BCUT2D eigenvalue weighted by Crippen LogP contribution is 2.44. The number of oxime groups is 1. The lowest BCUT2D eigenvalue weighted by atomic mass is 9.87. The fraction of sp³-hybridized carbons (Fsp3) is 0.222. The van der Waals surface area contributed by atoms with Gasteiger partial charge in [0.1, 0.15) is 28.9 Å². The van der Waals surface area contributed by atoms with Crippen LogP contribution in [-0.4, -0.2) is 45.1 Å². The second kappa shape index (κ2) is 9.13. The van der Waals surface area contributed by atoms with E-state index in [4.69, 9.17) is 28.8 Å². The van der Waals surface area contributed by atoms with E-state index in [1.165, 1.54) is 21.3 Å². The van der Waals surface area contributed by atoms with Gasteiger partial charge in [0.2, 0.25) is 0 Å². The van der Waals surface area contributed by atoms with E-state index >= 15 is 0 Å². The second-order valence-electron chi connectivity index (χ2n) is 8.01. The van der Waals surface area contributed by atoms with Gasteiger partial charge in [-0.15, -0.1) is 0 Å². The summed E-state index contributed by atoms with van der Waals surface area (Å²) in [7, 11) is 5.94. The molecular formula is C27H24N2O6. The Kier molecular flexibility index (Phi) is 5.86. The van der Waals surface area contributed by atoms with Crippen molar-refractivity contribution < 1.29 is 28.6 Å². The van der Waals surface area contributed by atoms with E-state index < -0.39 is 18.0 Å². The molecule has 8 nitrogen and oxygen atoms in total. The molecule has 178 valence electrons. The minimum absolute atomic E-state index is 0.344. The zero-order valence-corrected chi connectivity index (χ0v) is 19.8. The van der Waals surface area contributed by atoms with Gasteiger partial charge in [0, 0.05) is 28.5 Å². The number of ether oxygens (including phenoxy) is 4. The Labute approximate surface area is 202 Å². The topological polar surface area (TPSA) is 88.5 Å². The Balaban J connectivity index is 1.67. The third kappa shape index (κ3) is 3.77. The molecule has 4 aromatic rings. The molecule has 0 spiro atoms. The number of pyridine rings is 1. The SMILES string of the molecule is COC(=O)C1C(c2c(OC)cc(OC)cc2OC)=NOC1c1cccc2cc3ccccc3nc12. The third-order valence-electron chi connectivity index (χ3n) is 6.17. The number of para-hydroxylation sites is 2. The number of esters is 1. The molecule has 1 aromatic heterocycles. The van der Waals surface area contributed by atoms with Crippen LogP contribution in [0.1, 0.15) is 17.2 Å². The summed E-state index contributed by atoms with van der Waals surface area (Å²) in [6.45, 7) is 0. The summed E-state index contributed by atoms with van der Waals surface area (Å²) in [5, 5.41) is 6.30. The van der Waals surface area contributed by atoms with Gasteiger partial charge in [0.25, 0.3) is 0 Å². The fourth-order valence-corrected chi connectivity index (χ4v) is 4.49. The highest BCUT2D eigenvalue weighted by molar-refractivity contribution is 6.16. The number of carbonyl (C=O) groups is 1. The van der Waals surface area contributed by atoms with Crippen molar-refractivity contribution in [2.75, 3.05) is 28.4 Å². The zero-order chi connectivity index (χ0) is 24.5. The Hall–Kier alpha value is -4.33. The minimum atomic E-state index is -0.880. The van der Waals surface area contributed by atoms with Gasteiger partial charge in [-0.25, -0.2) is 4.98 Å². The van der Waals surface area contributed by atoms with Crippen LogP contribution in [0.25, 0.3) is 21.8 Å². The Bertz CT molecular complexity index is 1440. The third-order valence-corrected chi connectivity index (χ3v) is 6.17. The van der Waals surface area contributed by atoms with Crippen molar-refractivity contribution >= 4 is 33.5 Å². The number of aromatic nitrogens is 1. The molecule has 0 saturated carbocycles. The first kappa shape index (κ1) is 22.5. The molecule has 0 saturated heterocycles. The van der Waals surface area contributed by atoms with Gasteiger partial charge in [-0.2, -0.15) is 0 Å². The first-order valence-corrected chi connectivity index (χ1v) is 11.0. The highest BCUT2D eigenvalue weighted by Gasteiger charge is 2.45. The van der Waals surface area contributed by atoms with Gasteiger partial charge in [-0.05, 0) is 12.1 Å². The molecule has 0 aliphatic carbocycles. The number of rotatable bonds is 6. The van der Waals surface area contributed by atoms with E-state index in [-0.39, 0.29) is 0 Å². The van der Waals surface area contributed by atoms with Crippen molar-refractivity contribution in [3.63, 3.8) is 0 Å². The molecule has 0 fully saturated rings. The average Bonchev–Trinajstić information content (AvgIpc) is 3.34. The smallest absolute Gasteiger partial charge is 0.319 e. The summed E-state index contributed by atoms with van der Waals surface area (Å²) >= 11 is 0. The maximum atomic E-state index is 13.1. The van der Waals surface area contributed by atoms with Gasteiger partial charge < -0.3 is 23.8 Å². The van der Waals surface area contributed by atoms with E-state index in [1.54, 1.807) is 19.2 Å². The first-order valence-electron chi connectivity index (χ1n) is 11.0. The molecular weight excluding hydrogens is 448 g/mol. The standard InChI is InChI=1S/C27H24N2O6/c1-31-17-13-20(32-2)22(21(14-17)33-3)25-23(27(30)34-4)26(35-29-25)18-10-7-9-16-12-15-8-5-6-11-19(15)28-24(16)18/h5-14,23,26H,1-4H3. The van der Waals surface area contributed by atoms with Crippen molar-refractivity contribution in [2.45, 2.75) is 6.10 Å². The number of nitrogens with zero attached hydrogens (tertiary/aromatic N) is 2. The van der Waals surface area contributed by atoms with Crippen molar-refractivity contribution in [3.8, 4) is 17.2 Å². The van der Waals surface area contributed by atoms with Crippen molar-refractivity contribution in [3.05, 3.63) is 71.8 Å². The second-order valence-corrected chi connectivity index (χ2v) is 8.01. The lowest BCUT2D eigenvalue weighted by molar-refractivity contribution is -0.146. The van der Waals surface area contributed by atoms with Crippen LogP contribution in [0.5, 0.6) is 17.2 Å². The van der Waals surface area contributed by atoms with Crippen LogP contribution in [0.4, 0.5) is 0 Å². The normalized spacial score (nSPS) is 17.1. The van der Waals surface area contributed by atoms with Gasteiger partial charge in [-0.3, -0.25) is 4.79 Å². The van der Waals surface area contributed by atoms with Gasteiger partial charge in [0.05, 0.1) is 45.0 Å². The van der Waals surface area contributed by atoms with Gasteiger partial charge in [-0.1, -0.05) is 41.6 Å². The van der Waals surface area contributed by atoms with E-state index in [0.717, 1.165) is 27.4 Å². The largest absolute Gasteiger partial charge is 0.496 e. The van der Waals surface area contributed by atoms with Crippen LogP contribution in [0.2, 0.25) is 0 Å². The van der Waals surface area contributed by atoms with Gasteiger partial charge >= 0.3 is 5.97 Å². The number of hydrogen-bond donors (Lipinski definition) is 0. The summed E-state index contributed by atoms with van der Waals surface area (Å²) < 4.78 is 21.7. The molecule has 0 amide bonds. The summed E-state index contributed by atoms with van der Waals surface area (Å²) in [6.07, 6.45) is -0.758. The summed E-state index contributed by atoms with van der Waals surface area (Å²) in [4.78, 5) is 23.9. The number of hydrogen-bond acceptors (Lipinski definition) is 8. The number of carbonyl (C=O) groups excluding carboxylic acids is 1. The molecule has 2 heterocycles. The van der Waals surface area contributed by atoms with Crippen LogP contribution in [-0.2, 0) is 14.4 Å². The molecule has 3 aromatic carbocycles. The molecule has 2 unspecified atom stereocenters. The maximum Gasteiger partial charge on any atom is 0.319 e. The zero-order valence-electron chi connectivity index (χ0n) is 19.8. The molecule has 1 aliphatic rings. The number of benzene rings is 3. The number of fused-ring (bicyclic) bond motifs is 2. The molecule has 5 rings (SSSR count). The quantitative estimate of drug-likeness (QED) is 0.297. The molecule has 35 heavy (non-hydrogen) atoms. The molecule has 0 bridgehead atoms. The Morgan fingerprint density at radius 2 is 1.57 bits per heavy atom. The monoisotopic (exact) mass is 472 g/mol. The predicted molar refractivity (Wildman–Crippen MR) is 131 cm³/mol. The first-order chi connectivity index (χ1) is 17.1. The average molecular weight is 472 g/mol. The fourth-order valence-electron chi connectivity index (χ4n) is 4.49. The predicted octanol–water partition coefficient (Wildman–Crippen LogP) is 4.68. The van der Waals surface area contributed by atoms with Crippen LogP contribution in [0, 0.1) is 5.92 Å². The van der Waals surface area contributed by atoms with Crippen LogP contribution in [0.3, 0.4) is 0 Å². The minimum Gasteiger partial charge on any atom is -0.496 e. The molecule has 0 radical (unpaired) electrons. The van der Waals surface area contributed by atoms with Crippen molar-refractivity contribution in [2.24, 2.45) is 11.1 Å². The molecule has 8 heteroatoms. The lowest BCUT2D eigenvalue weighted by Gasteiger charge is -2.20. The van der Waals surface area contributed by atoms with Crippen LogP contribution >= 0.6 is 0 Å². The number of methoxy groups -OCH3 is 4. The molecule has 0 N–H and O–H groups in total. The molecule has 2 atom stereocenters. The Morgan fingerprint density at radius 3 is 2.26 bits per heavy atom. The van der Waals surface area contributed by atoms with E-state index in [0.29, 0.717) is 28.5 Å². The Morgan fingerprint density at radius 1 is 0.857 bits per heavy atom. The van der Waals surface area contributed by atoms with E-state index in [2.05, 4.69) is 11.2 Å². The van der Waals surface area contributed by atoms with Crippen molar-refractivity contribution in [1.29, 1.82) is 0 Å². The summed E-state index contributed by atoms with van der Waals surface area (Å²) in [6, 6.07) is 19.2. The van der Waals surface area contributed by atoms with Crippen molar-refractivity contribution in [1.82, 2.24) is 4.98 Å². The van der Waals surface area contributed by atoms with Crippen LogP contribution < -0.4 is 14.2 Å². The lowest BCUT2D eigenvalue weighted by Crippen LogP contribution is -2.29. The van der Waals surface area contributed by atoms with E-state index in [1.807, 2.05) is 42.5 Å². The summed E-state index contributed by atoms with van der Waals surface area (Å²) in [5.74, 6) is 0.0255. The molecule has 1 aliphatic heterocycles. The van der Waals surface area contributed by atoms with Crippen LogP contribution in [0.15, 0.2) is 65.8 Å². The highest BCUT2D eigenvalue weighted by atomic mass is 16.6. The van der Waals surface area contributed by atoms with Gasteiger partial charge in [0.15, 0.2) is 6.10 Å².